The lowest BCUT2D eigenvalue weighted by atomic mass is 10.0. The quantitative estimate of drug-likeness (QED) is 0.739. The van der Waals surface area contributed by atoms with Crippen LogP contribution in [0.5, 0.6) is 0 Å². The summed E-state index contributed by atoms with van der Waals surface area (Å²) < 4.78 is 11.1. The van der Waals surface area contributed by atoms with Crippen LogP contribution in [0.15, 0.2) is 36.5 Å². The molecule has 0 spiro atoms. The van der Waals surface area contributed by atoms with E-state index in [0.717, 1.165) is 16.4 Å². The molecule has 6 nitrogen and oxygen atoms in total. The molecule has 0 aliphatic rings. The van der Waals surface area contributed by atoms with Gasteiger partial charge in [-0.1, -0.05) is 23.7 Å². The van der Waals surface area contributed by atoms with Crippen molar-refractivity contribution in [2.45, 2.75) is 12.6 Å². The van der Waals surface area contributed by atoms with Crippen molar-refractivity contribution >= 4 is 28.3 Å². The summed E-state index contributed by atoms with van der Waals surface area (Å²) in [5.41, 5.74) is 1.95. The van der Waals surface area contributed by atoms with Gasteiger partial charge in [-0.15, -0.1) is 0 Å². The van der Waals surface area contributed by atoms with Gasteiger partial charge in [0.2, 0.25) is 5.13 Å². The molecule has 120 valence electrons. The largest absolute Gasteiger partial charge is 0.377 e. The van der Waals surface area contributed by atoms with Crippen molar-refractivity contribution in [3.8, 4) is 0 Å². The van der Waals surface area contributed by atoms with Gasteiger partial charge in [-0.2, -0.15) is 9.47 Å². The number of hydrogen-bond donors (Lipinski definition) is 1. The summed E-state index contributed by atoms with van der Waals surface area (Å²) in [5, 5.41) is 9.32. The summed E-state index contributed by atoms with van der Waals surface area (Å²) in [6.07, 6.45) is 1.91. The molecule has 0 saturated carbocycles. The van der Waals surface area contributed by atoms with E-state index in [-0.39, 0.29) is 6.04 Å². The highest BCUT2D eigenvalue weighted by Gasteiger charge is 2.18. The van der Waals surface area contributed by atoms with Crippen LogP contribution in [0.3, 0.4) is 0 Å². The maximum atomic E-state index is 5.99. The molecule has 0 aliphatic heterocycles. The standard InChI is InChI=1S/C15H16ClN5OS/c1-21-8-7-12(19-21)14(10-3-5-11(16)6-4-10)18-15-17-13(9-22-2)20-23-15/h3-8,14H,9H2,1-2H3,(H,17,18,20). The number of aromatic nitrogens is 4. The molecule has 0 radical (unpaired) electrons. The number of halogens is 1. The Bertz CT molecular complexity index is 770. The Morgan fingerprint density at radius 2 is 2.09 bits per heavy atom. The van der Waals surface area contributed by atoms with Crippen LogP contribution in [0.25, 0.3) is 0 Å². The Morgan fingerprint density at radius 1 is 1.30 bits per heavy atom. The van der Waals surface area contributed by atoms with Crippen molar-refractivity contribution in [3.63, 3.8) is 0 Å². The SMILES string of the molecule is COCc1nsc(NC(c2ccc(Cl)cc2)c2ccn(C)n2)n1. The van der Waals surface area contributed by atoms with Crippen LogP contribution in [-0.4, -0.2) is 26.2 Å². The van der Waals surface area contributed by atoms with Crippen molar-refractivity contribution in [3.05, 3.63) is 58.6 Å². The third kappa shape index (κ3) is 3.87. The van der Waals surface area contributed by atoms with Crippen LogP contribution in [0, 0.1) is 0 Å². The third-order valence-corrected chi connectivity index (χ3v) is 4.18. The third-order valence-electron chi connectivity index (χ3n) is 3.24. The first-order valence-corrected chi connectivity index (χ1v) is 8.14. The summed E-state index contributed by atoms with van der Waals surface area (Å²) in [6.45, 7) is 0.396. The molecule has 0 aliphatic carbocycles. The Morgan fingerprint density at radius 3 is 2.74 bits per heavy atom. The smallest absolute Gasteiger partial charge is 0.203 e. The number of anilines is 1. The molecule has 0 fully saturated rings. The molecule has 2 aromatic heterocycles. The molecule has 1 aromatic carbocycles. The van der Waals surface area contributed by atoms with Gasteiger partial charge < -0.3 is 10.1 Å². The minimum absolute atomic E-state index is 0.128. The van der Waals surface area contributed by atoms with Crippen LogP contribution >= 0.6 is 23.1 Å². The van der Waals surface area contributed by atoms with Crippen LogP contribution in [0.1, 0.15) is 23.1 Å². The number of benzene rings is 1. The molecule has 8 heteroatoms. The van der Waals surface area contributed by atoms with Crippen molar-refractivity contribution in [1.82, 2.24) is 19.1 Å². The van der Waals surface area contributed by atoms with Crippen LogP contribution in [0.4, 0.5) is 5.13 Å². The predicted octanol–water partition coefficient (Wildman–Crippen LogP) is 3.27. The van der Waals surface area contributed by atoms with E-state index in [1.807, 2.05) is 43.6 Å². The number of aryl methyl sites for hydroxylation is 1. The van der Waals surface area contributed by atoms with Crippen molar-refractivity contribution < 1.29 is 4.74 Å². The van der Waals surface area contributed by atoms with Crippen molar-refractivity contribution in [1.29, 1.82) is 0 Å². The molecular weight excluding hydrogens is 334 g/mol. The van der Waals surface area contributed by atoms with E-state index in [4.69, 9.17) is 16.3 Å². The second-order valence-electron chi connectivity index (χ2n) is 4.99. The average Bonchev–Trinajstić information content (AvgIpc) is 3.15. The molecule has 0 amide bonds. The van der Waals surface area contributed by atoms with Gasteiger partial charge in [-0.05, 0) is 23.8 Å². The fourth-order valence-electron chi connectivity index (χ4n) is 2.19. The highest BCUT2D eigenvalue weighted by atomic mass is 35.5. The topological polar surface area (TPSA) is 64.9 Å². The molecule has 3 rings (SSSR count). The molecule has 1 N–H and O–H groups in total. The zero-order valence-electron chi connectivity index (χ0n) is 12.7. The Kier molecular flexibility index (Phi) is 4.90. The van der Waals surface area contributed by atoms with Crippen molar-refractivity contribution in [2.24, 2.45) is 7.05 Å². The summed E-state index contributed by atoms with van der Waals surface area (Å²) in [6, 6.07) is 9.54. The van der Waals surface area contributed by atoms with Gasteiger partial charge in [0.05, 0.1) is 11.7 Å². The van der Waals surface area contributed by atoms with E-state index >= 15 is 0 Å². The number of ether oxygens (including phenoxy) is 1. The number of nitrogens with one attached hydrogen (secondary N) is 1. The van der Waals surface area contributed by atoms with Crippen LogP contribution in [-0.2, 0) is 18.4 Å². The molecule has 3 aromatic rings. The minimum atomic E-state index is -0.128. The van der Waals surface area contributed by atoms with Gasteiger partial charge in [-0.3, -0.25) is 4.68 Å². The average molecular weight is 350 g/mol. The number of hydrogen-bond acceptors (Lipinski definition) is 6. The van der Waals surface area contributed by atoms with E-state index in [0.29, 0.717) is 17.5 Å². The first-order chi connectivity index (χ1) is 11.2. The van der Waals surface area contributed by atoms with Gasteiger partial charge in [0.15, 0.2) is 5.82 Å². The van der Waals surface area contributed by atoms with E-state index in [2.05, 4.69) is 19.8 Å². The van der Waals surface area contributed by atoms with Crippen molar-refractivity contribution in [2.75, 3.05) is 12.4 Å². The maximum absolute atomic E-state index is 5.99. The summed E-state index contributed by atoms with van der Waals surface area (Å²) in [5.74, 6) is 0.663. The monoisotopic (exact) mass is 349 g/mol. The molecule has 23 heavy (non-hydrogen) atoms. The zero-order chi connectivity index (χ0) is 16.2. The normalized spacial score (nSPS) is 12.3. The van der Waals surface area contributed by atoms with Gasteiger partial charge in [-0.25, -0.2) is 4.98 Å². The summed E-state index contributed by atoms with van der Waals surface area (Å²) in [7, 11) is 3.52. The fourth-order valence-corrected chi connectivity index (χ4v) is 2.92. The minimum Gasteiger partial charge on any atom is -0.377 e. The number of rotatable bonds is 6. The van der Waals surface area contributed by atoms with Gasteiger partial charge in [0, 0.05) is 36.9 Å². The van der Waals surface area contributed by atoms with E-state index in [9.17, 15) is 0 Å². The molecule has 1 unspecified atom stereocenters. The molecule has 2 heterocycles. The first kappa shape index (κ1) is 15.9. The predicted molar refractivity (Wildman–Crippen MR) is 90.7 cm³/mol. The number of nitrogens with zero attached hydrogens (tertiary/aromatic N) is 4. The maximum Gasteiger partial charge on any atom is 0.203 e. The Hall–Kier alpha value is -1.96. The van der Waals surface area contributed by atoms with Gasteiger partial charge in [0.25, 0.3) is 0 Å². The number of methoxy groups -OCH3 is 1. The van der Waals surface area contributed by atoms with Crippen LogP contribution in [0.2, 0.25) is 5.02 Å². The highest BCUT2D eigenvalue weighted by Crippen LogP contribution is 2.27. The molecule has 0 saturated heterocycles. The lowest BCUT2D eigenvalue weighted by Crippen LogP contribution is -2.13. The molecule has 0 bridgehead atoms. The summed E-state index contributed by atoms with van der Waals surface area (Å²) >= 11 is 7.29. The second-order valence-corrected chi connectivity index (χ2v) is 6.18. The highest BCUT2D eigenvalue weighted by molar-refractivity contribution is 7.09. The molecular formula is C15H16ClN5OS. The molecule has 1 atom stereocenters. The second kappa shape index (κ2) is 7.08. The Balaban J connectivity index is 1.89. The lowest BCUT2D eigenvalue weighted by Gasteiger charge is -2.16. The Labute approximate surface area is 143 Å². The van der Waals surface area contributed by atoms with E-state index in [1.165, 1.54) is 11.5 Å². The first-order valence-electron chi connectivity index (χ1n) is 6.99. The van der Waals surface area contributed by atoms with Gasteiger partial charge >= 0.3 is 0 Å². The zero-order valence-corrected chi connectivity index (χ0v) is 14.3. The lowest BCUT2D eigenvalue weighted by molar-refractivity contribution is 0.179. The summed E-state index contributed by atoms with van der Waals surface area (Å²) in [4.78, 5) is 4.43. The van der Waals surface area contributed by atoms with Crippen LogP contribution < -0.4 is 5.32 Å². The van der Waals surface area contributed by atoms with E-state index < -0.39 is 0 Å². The fraction of sp³-hybridized carbons (Fsp3) is 0.267. The van der Waals surface area contributed by atoms with E-state index in [1.54, 1.807) is 11.8 Å². The van der Waals surface area contributed by atoms with Gasteiger partial charge in [0.1, 0.15) is 6.61 Å².